The summed E-state index contributed by atoms with van der Waals surface area (Å²) in [5, 5.41) is 13.5. The summed E-state index contributed by atoms with van der Waals surface area (Å²) in [6.45, 7) is 13.9. The Morgan fingerprint density at radius 1 is 1.07 bits per heavy atom. The smallest absolute Gasteiger partial charge is 0.279 e. The first kappa shape index (κ1) is 22.3. The van der Waals surface area contributed by atoms with E-state index in [0.717, 1.165) is 56.0 Å². The molecule has 0 spiro atoms. The molecule has 0 radical (unpaired) electrons. The molecule has 0 atom stereocenters. The third-order valence-corrected chi connectivity index (χ3v) is 6.28. The summed E-state index contributed by atoms with van der Waals surface area (Å²) in [7, 11) is 0. The van der Waals surface area contributed by atoms with Gasteiger partial charge in [0.05, 0.1) is 0 Å². The van der Waals surface area contributed by atoms with Gasteiger partial charge in [-0.3, -0.25) is 4.79 Å². The Labute approximate surface area is 180 Å². The van der Waals surface area contributed by atoms with E-state index in [1.807, 2.05) is 24.3 Å². The summed E-state index contributed by atoms with van der Waals surface area (Å²) in [5.41, 5.74) is 5.62. The lowest BCUT2D eigenvalue weighted by Gasteiger charge is -2.29. The normalized spacial score (nSPS) is 19.1. The highest BCUT2D eigenvalue weighted by Gasteiger charge is 2.26. The molecule has 0 saturated carbocycles. The van der Waals surface area contributed by atoms with Gasteiger partial charge in [-0.1, -0.05) is 39.0 Å². The molecule has 4 N–H and O–H groups in total. The molecule has 1 heterocycles. The highest BCUT2D eigenvalue weighted by molar-refractivity contribution is 5.92. The largest absolute Gasteiger partial charge is 0.507 e. The van der Waals surface area contributed by atoms with Gasteiger partial charge in [-0.25, -0.2) is 0 Å². The lowest BCUT2D eigenvalue weighted by Crippen LogP contribution is -3.28. The van der Waals surface area contributed by atoms with E-state index in [0.29, 0.717) is 18.2 Å². The molecule has 0 aromatic heterocycles. The number of phenols is 1. The summed E-state index contributed by atoms with van der Waals surface area (Å²) in [6.07, 6.45) is 0.912. The molecular weight excluding hydrogens is 374 g/mol. The summed E-state index contributed by atoms with van der Waals surface area (Å²) < 4.78 is 0. The molecule has 1 amide bonds. The van der Waals surface area contributed by atoms with Crippen LogP contribution in [-0.2, 0) is 17.8 Å². The van der Waals surface area contributed by atoms with Gasteiger partial charge in [0.1, 0.15) is 38.5 Å². The van der Waals surface area contributed by atoms with E-state index < -0.39 is 0 Å². The van der Waals surface area contributed by atoms with Crippen molar-refractivity contribution in [3.8, 4) is 5.75 Å². The molecule has 30 heavy (non-hydrogen) atoms. The maximum Gasteiger partial charge on any atom is 0.279 e. The number of carbonyl (C=O) groups is 1. The molecule has 1 aliphatic rings. The standard InChI is InChI=1S/C25H35N3O2/c1-5-20-8-6-7-9-23(20)26-25(30)17-28-12-10-27(11-13-28)16-21-15-22(18(2)3)19(4)14-24(21)29/h6-9,14-15,18,29H,5,10-13,16-17H2,1-4H3,(H,26,30)/p+2. The van der Waals surface area contributed by atoms with Crippen molar-refractivity contribution in [3.05, 3.63) is 58.7 Å². The lowest BCUT2D eigenvalue weighted by molar-refractivity contribution is -1.02. The van der Waals surface area contributed by atoms with Gasteiger partial charge >= 0.3 is 0 Å². The van der Waals surface area contributed by atoms with Crippen LogP contribution >= 0.6 is 0 Å². The van der Waals surface area contributed by atoms with Crippen LogP contribution < -0.4 is 15.1 Å². The zero-order valence-electron chi connectivity index (χ0n) is 18.8. The molecule has 1 fully saturated rings. The number of hydrogen-bond acceptors (Lipinski definition) is 2. The van der Waals surface area contributed by atoms with Crippen molar-refractivity contribution in [1.82, 2.24) is 0 Å². The number of hydrogen-bond donors (Lipinski definition) is 4. The predicted molar refractivity (Wildman–Crippen MR) is 121 cm³/mol. The Bertz CT molecular complexity index is 871. The number of rotatable bonds is 7. The Hall–Kier alpha value is -2.37. The zero-order chi connectivity index (χ0) is 21.7. The van der Waals surface area contributed by atoms with Crippen LogP contribution in [0.5, 0.6) is 5.75 Å². The van der Waals surface area contributed by atoms with E-state index in [9.17, 15) is 9.90 Å². The molecule has 2 aromatic carbocycles. The van der Waals surface area contributed by atoms with Crippen LogP contribution in [-0.4, -0.2) is 43.7 Å². The number of carbonyl (C=O) groups excluding carboxylic acids is 1. The van der Waals surface area contributed by atoms with E-state index >= 15 is 0 Å². The third kappa shape index (κ3) is 5.61. The van der Waals surface area contributed by atoms with E-state index in [4.69, 9.17) is 0 Å². The molecule has 162 valence electrons. The number of aryl methyl sites for hydroxylation is 2. The van der Waals surface area contributed by atoms with E-state index in [1.54, 1.807) is 0 Å². The van der Waals surface area contributed by atoms with E-state index in [1.165, 1.54) is 20.9 Å². The number of amides is 1. The molecule has 1 saturated heterocycles. The monoisotopic (exact) mass is 411 g/mol. The summed E-state index contributed by atoms with van der Waals surface area (Å²) in [5.74, 6) is 0.956. The molecule has 0 unspecified atom stereocenters. The number of quaternary nitrogens is 2. The summed E-state index contributed by atoms with van der Waals surface area (Å²) in [6, 6.07) is 12.1. The minimum atomic E-state index is 0.0899. The predicted octanol–water partition coefficient (Wildman–Crippen LogP) is 1.31. The molecule has 5 nitrogen and oxygen atoms in total. The fourth-order valence-electron chi connectivity index (χ4n) is 4.47. The number of nitrogens with one attached hydrogen (secondary N) is 3. The van der Waals surface area contributed by atoms with Gasteiger partial charge in [0.2, 0.25) is 0 Å². The average molecular weight is 412 g/mol. The third-order valence-electron chi connectivity index (χ3n) is 6.28. The quantitative estimate of drug-likeness (QED) is 0.555. The van der Waals surface area contributed by atoms with Gasteiger partial charge in [-0.2, -0.15) is 0 Å². The van der Waals surface area contributed by atoms with Crippen molar-refractivity contribution in [3.63, 3.8) is 0 Å². The first-order valence-electron chi connectivity index (χ1n) is 11.2. The molecule has 0 bridgehead atoms. The van der Waals surface area contributed by atoms with Crippen LogP contribution in [0.3, 0.4) is 0 Å². The first-order chi connectivity index (χ1) is 14.4. The molecule has 0 aliphatic carbocycles. The van der Waals surface area contributed by atoms with Crippen LogP contribution in [0.1, 0.15) is 48.9 Å². The van der Waals surface area contributed by atoms with Gasteiger partial charge in [0.25, 0.3) is 5.91 Å². The number of anilines is 1. The Morgan fingerprint density at radius 2 is 1.73 bits per heavy atom. The summed E-state index contributed by atoms with van der Waals surface area (Å²) in [4.78, 5) is 15.3. The van der Waals surface area contributed by atoms with Crippen molar-refractivity contribution in [2.24, 2.45) is 0 Å². The number of aromatic hydroxyl groups is 1. The topological polar surface area (TPSA) is 58.2 Å². The van der Waals surface area contributed by atoms with Crippen LogP contribution in [0.15, 0.2) is 36.4 Å². The van der Waals surface area contributed by atoms with Gasteiger partial charge in [-0.15, -0.1) is 0 Å². The fraction of sp³-hybridized carbons (Fsp3) is 0.480. The van der Waals surface area contributed by atoms with Gasteiger partial charge in [0.15, 0.2) is 6.54 Å². The number of piperazine rings is 1. The Morgan fingerprint density at radius 3 is 2.40 bits per heavy atom. The van der Waals surface area contributed by atoms with Crippen molar-refractivity contribution in [1.29, 1.82) is 0 Å². The maximum atomic E-state index is 12.5. The summed E-state index contributed by atoms with van der Waals surface area (Å²) >= 11 is 0. The lowest BCUT2D eigenvalue weighted by atomic mass is 9.95. The molecular formula is C25H37N3O2+2. The van der Waals surface area contributed by atoms with Crippen molar-refractivity contribution >= 4 is 11.6 Å². The van der Waals surface area contributed by atoms with Crippen LogP contribution in [0.2, 0.25) is 0 Å². The van der Waals surface area contributed by atoms with Crippen LogP contribution in [0.4, 0.5) is 5.69 Å². The van der Waals surface area contributed by atoms with Crippen molar-refractivity contribution in [2.45, 2.75) is 46.6 Å². The molecule has 5 heteroatoms. The van der Waals surface area contributed by atoms with Crippen LogP contribution in [0.25, 0.3) is 0 Å². The second-order valence-electron chi connectivity index (χ2n) is 8.90. The van der Waals surface area contributed by atoms with Gasteiger partial charge < -0.3 is 20.2 Å². The average Bonchev–Trinajstić information content (AvgIpc) is 2.71. The number of benzene rings is 2. The maximum absolute atomic E-state index is 12.5. The second kappa shape index (κ2) is 10.1. The van der Waals surface area contributed by atoms with Crippen molar-refractivity contribution in [2.75, 3.05) is 38.0 Å². The molecule has 1 aliphatic heterocycles. The minimum absolute atomic E-state index is 0.0899. The van der Waals surface area contributed by atoms with Crippen LogP contribution in [0, 0.1) is 6.92 Å². The van der Waals surface area contributed by atoms with Gasteiger partial charge in [0, 0.05) is 11.3 Å². The van der Waals surface area contributed by atoms with Crippen molar-refractivity contribution < 1.29 is 19.7 Å². The zero-order valence-corrected chi connectivity index (χ0v) is 18.8. The first-order valence-corrected chi connectivity index (χ1v) is 11.2. The highest BCUT2D eigenvalue weighted by Crippen LogP contribution is 2.26. The Balaban J connectivity index is 1.52. The highest BCUT2D eigenvalue weighted by atomic mass is 16.3. The second-order valence-corrected chi connectivity index (χ2v) is 8.90. The molecule has 2 aromatic rings. The Kier molecular flexibility index (Phi) is 7.51. The fourth-order valence-corrected chi connectivity index (χ4v) is 4.47. The number of para-hydroxylation sites is 1. The SMILES string of the molecule is CCc1ccccc1NC(=O)C[NH+]1CC[NH+](Cc2cc(C(C)C)c(C)cc2O)CC1. The minimum Gasteiger partial charge on any atom is -0.507 e. The molecule has 3 rings (SSSR count). The number of phenolic OH excluding ortho intramolecular Hbond substituents is 1. The van der Waals surface area contributed by atoms with E-state index in [2.05, 4.69) is 45.1 Å². The van der Waals surface area contributed by atoms with Gasteiger partial charge in [-0.05, 0) is 54.2 Å². The van der Waals surface area contributed by atoms with E-state index in [-0.39, 0.29) is 5.91 Å².